The van der Waals surface area contributed by atoms with E-state index in [-0.39, 0.29) is 12.0 Å². The molecule has 134 valence electrons. The quantitative estimate of drug-likeness (QED) is 0.679. The lowest BCUT2D eigenvalue weighted by Gasteiger charge is -2.36. The zero-order valence-electron chi connectivity index (χ0n) is 14.8. The molecule has 7 heteroatoms. The van der Waals surface area contributed by atoms with Crippen molar-refractivity contribution in [2.75, 3.05) is 20.3 Å². The number of methoxy groups -OCH3 is 1. The molecule has 0 unspecified atom stereocenters. The van der Waals surface area contributed by atoms with E-state index in [1.54, 1.807) is 19.5 Å². The van der Waals surface area contributed by atoms with Crippen LogP contribution in [0.2, 0.25) is 0 Å². The van der Waals surface area contributed by atoms with Crippen molar-refractivity contribution in [3.8, 4) is 17.2 Å². The zero-order valence-corrected chi connectivity index (χ0v) is 14.8. The van der Waals surface area contributed by atoms with E-state index >= 15 is 0 Å². The van der Waals surface area contributed by atoms with Crippen molar-refractivity contribution in [2.45, 2.75) is 18.9 Å². The van der Waals surface area contributed by atoms with Crippen molar-refractivity contribution in [2.24, 2.45) is 0 Å². The molecule has 0 radical (unpaired) electrons. The Labute approximate surface area is 151 Å². The third-order valence-electron chi connectivity index (χ3n) is 4.35. The lowest BCUT2D eigenvalue weighted by atomic mass is 9.87. The highest BCUT2D eigenvalue weighted by Gasteiger charge is 2.40. The van der Waals surface area contributed by atoms with E-state index < -0.39 is 0 Å². The van der Waals surface area contributed by atoms with Gasteiger partial charge in [-0.3, -0.25) is 4.98 Å². The molecule has 3 heterocycles. The Morgan fingerprint density at radius 2 is 1.96 bits per heavy atom. The molecule has 0 N–H and O–H groups in total. The van der Waals surface area contributed by atoms with Gasteiger partial charge in [-0.25, -0.2) is 9.67 Å². The van der Waals surface area contributed by atoms with Crippen LogP contribution in [0, 0.1) is 0 Å². The number of hydrogen-bond acceptors (Lipinski definition) is 6. The molecular formula is C19H20N4O3. The van der Waals surface area contributed by atoms with E-state index in [4.69, 9.17) is 19.2 Å². The van der Waals surface area contributed by atoms with Crippen LogP contribution in [0.25, 0.3) is 5.69 Å². The Morgan fingerprint density at radius 1 is 1.15 bits per heavy atom. The van der Waals surface area contributed by atoms with Crippen LogP contribution in [0.1, 0.15) is 18.6 Å². The van der Waals surface area contributed by atoms with Gasteiger partial charge in [0.15, 0.2) is 17.3 Å². The van der Waals surface area contributed by atoms with Crippen molar-refractivity contribution in [1.29, 1.82) is 0 Å². The number of para-hydroxylation sites is 2. The SMILES string of the molecule is COc1ccccc1OCc1nc(C2(C)COC2)n(-c2cccnc2)n1. The maximum Gasteiger partial charge on any atom is 0.188 e. The first-order chi connectivity index (χ1) is 12.7. The Balaban J connectivity index is 1.63. The molecule has 2 aromatic heterocycles. The summed E-state index contributed by atoms with van der Waals surface area (Å²) in [6.07, 6.45) is 3.51. The predicted octanol–water partition coefficient (Wildman–Crippen LogP) is 2.54. The standard InChI is InChI=1S/C19H20N4O3/c1-19(12-25-13-19)18-21-17(22-23(18)14-6-5-9-20-10-14)11-26-16-8-4-3-7-15(16)24-2/h3-10H,11-13H2,1-2H3. The fourth-order valence-corrected chi connectivity index (χ4v) is 2.88. The molecule has 0 saturated carbocycles. The van der Waals surface area contributed by atoms with Gasteiger partial charge in [-0.05, 0) is 31.2 Å². The number of benzene rings is 1. The molecular weight excluding hydrogens is 332 g/mol. The molecule has 4 rings (SSSR count). The third-order valence-corrected chi connectivity index (χ3v) is 4.35. The second-order valence-electron chi connectivity index (χ2n) is 6.47. The summed E-state index contributed by atoms with van der Waals surface area (Å²) in [6.45, 7) is 3.62. The van der Waals surface area contributed by atoms with Gasteiger partial charge >= 0.3 is 0 Å². The normalized spacial score (nSPS) is 15.3. The van der Waals surface area contributed by atoms with E-state index in [0.717, 1.165) is 11.5 Å². The van der Waals surface area contributed by atoms with E-state index in [2.05, 4.69) is 17.0 Å². The molecule has 0 spiro atoms. The Hall–Kier alpha value is -2.93. The minimum Gasteiger partial charge on any atom is -0.493 e. The summed E-state index contributed by atoms with van der Waals surface area (Å²) < 4.78 is 18.4. The summed E-state index contributed by atoms with van der Waals surface area (Å²) in [5, 5.41) is 4.64. The smallest absolute Gasteiger partial charge is 0.188 e. The molecule has 0 amide bonds. The minimum atomic E-state index is -0.161. The molecule has 1 aromatic carbocycles. The van der Waals surface area contributed by atoms with Gasteiger partial charge in [-0.2, -0.15) is 0 Å². The maximum absolute atomic E-state index is 5.87. The summed E-state index contributed by atoms with van der Waals surface area (Å²) in [5.41, 5.74) is 0.706. The average Bonchev–Trinajstić information content (AvgIpc) is 3.10. The highest BCUT2D eigenvalue weighted by molar-refractivity contribution is 5.39. The van der Waals surface area contributed by atoms with Crippen LogP contribution in [0.4, 0.5) is 0 Å². The summed E-state index contributed by atoms with van der Waals surface area (Å²) in [6, 6.07) is 11.4. The molecule has 7 nitrogen and oxygen atoms in total. The molecule has 3 aromatic rings. The fourth-order valence-electron chi connectivity index (χ4n) is 2.88. The molecule has 26 heavy (non-hydrogen) atoms. The van der Waals surface area contributed by atoms with Crippen LogP contribution in [0.3, 0.4) is 0 Å². The molecule has 0 bridgehead atoms. The topological polar surface area (TPSA) is 71.3 Å². The predicted molar refractivity (Wildman–Crippen MR) is 94.7 cm³/mol. The van der Waals surface area contributed by atoms with Crippen LogP contribution in [0.5, 0.6) is 11.5 Å². The summed E-state index contributed by atoms with van der Waals surface area (Å²) in [5.74, 6) is 2.80. The van der Waals surface area contributed by atoms with E-state index in [0.29, 0.717) is 30.5 Å². The highest BCUT2D eigenvalue weighted by atomic mass is 16.5. The Bertz CT molecular complexity index is 891. The van der Waals surface area contributed by atoms with Crippen molar-refractivity contribution < 1.29 is 14.2 Å². The summed E-state index contributed by atoms with van der Waals surface area (Å²) >= 11 is 0. The first-order valence-electron chi connectivity index (χ1n) is 8.40. The van der Waals surface area contributed by atoms with Crippen molar-refractivity contribution >= 4 is 0 Å². The van der Waals surface area contributed by atoms with Gasteiger partial charge in [0, 0.05) is 6.20 Å². The number of pyridine rings is 1. The third kappa shape index (κ3) is 3.01. The van der Waals surface area contributed by atoms with Crippen LogP contribution >= 0.6 is 0 Å². The van der Waals surface area contributed by atoms with Gasteiger partial charge in [0.05, 0.1) is 37.6 Å². The minimum absolute atomic E-state index is 0.161. The molecule has 0 aliphatic carbocycles. The van der Waals surface area contributed by atoms with Gasteiger partial charge in [-0.15, -0.1) is 5.10 Å². The maximum atomic E-state index is 5.87. The van der Waals surface area contributed by atoms with E-state index in [1.807, 2.05) is 41.1 Å². The van der Waals surface area contributed by atoms with Crippen LogP contribution in [-0.2, 0) is 16.8 Å². The number of ether oxygens (including phenoxy) is 3. The molecule has 0 atom stereocenters. The van der Waals surface area contributed by atoms with Crippen molar-refractivity contribution in [3.05, 3.63) is 60.4 Å². The number of hydrogen-bond donors (Lipinski definition) is 0. The molecule has 1 aliphatic rings. The first kappa shape index (κ1) is 16.5. The average molecular weight is 352 g/mol. The van der Waals surface area contributed by atoms with E-state index in [9.17, 15) is 0 Å². The molecule has 1 saturated heterocycles. The Kier molecular flexibility index (Phi) is 4.30. The largest absolute Gasteiger partial charge is 0.493 e. The number of rotatable bonds is 6. The van der Waals surface area contributed by atoms with Crippen LogP contribution in [-0.4, -0.2) is 40.1 Å². The van der Waals surface area contributed by atoms with Crippen molar-refractivity contribution in [3.63, 3.8) is 0 Å². The first-order valence-corrected chi connectivity index (χ1v) is 8.40. The summed E-state index contributed by atoms with van der Waals surface area (Å²) in [4.78, 5) is 8.92. The molecule has 1 fully saturated rings. The molecule has 1 aliphatic heterocycles. The second kappa shape index (κ2) is 6.76. The van der Waals surface area contributed by atoms with E-state index in [1.165, 1.54) is 0 Å². The summed E-state index contributed by atoms with van der Waals surface area (Å²) in [7, 11) is 1.62. The lowest BCUT2D eigenvalue weighted by molar-refractivity contribution is -0.0553. The monoisotopic (exact) mass is 352 g/mol. The number of nitrogens with zero attached hydrogens (tertiary/aromatic N) is 4. The van der Waals surface area contributed by atoms with Crippen molar-refractivity contribution in [1.82, 2.24) is 19.7 Å². The van der Waals surface area contributed by atoms with Gasteiger partial charge in [0.1, 0.15) is 12.4 Å². The van der Waals surface area contributed by atoms with Crippen LogP contribution < -0.4 is 9.47 Å². The zero-order chi connectivity index (χ0) is 18.0. The van der Waals surface area contributed by atoms with Gasteiger partial charge < -0.3 is 14.2 Å². The Morgan fingerprint density at radius 3 is 2.62 bits per heavy atom. The van der Waals surface area contributed by atoms with Gasteiger partial charge in [-0.1, -0.05) is 12.1 Å². The van der Waals surface area contributed by atoms with Crippen LogP contribution in [0.15, 0.2) is 48.8 Å². The second-order valence-corrected chi connectivity index (χ2v) is 6.47. The van der Waals surface area contributed by atoms with Gasteiger partial charge in [0.2, 0.25) is 0 Å². The lowest BCUT2D eigenvalue weighted by Crippen LogP contribution is -2.46. The van der Waals surface area contributed by atoms with Gasteiger partial charge in [0.25, 0.3) is 0 Å². The number of aromatic nitrogens is 4. The highest BCUT2D eigenvalue weighted by Crippen LogP contribution is 2.32. The fraction of sp³-hybridized carbons (Fsp3) is 0.316.